The van der Waals surface area contributed by atoms with Gasteiger partial charge in [-0.15, -0.1) is 0 Å². The Morgan fingerprint density at radius 3 is 2.93 bits per heavy atom. The minimum absolute atomic E-state index is 0.293. The van der Waals surface area contributed by atoms with E-state index in [-0.39, 0.29) is 0 Å². The molecule has 0 saturated heterocycles. The van der Waals surface area contributed by atoms with Gasteiger partial charge in [-0.2, -0.15) is 0 Å². The average molecular weight is 217 g/mol. The van der Waals surface area contributed by atoms with E-state index in [1.165, 1.54) is 6.33 Å². The lowest BCUT2D eigenvalue weighted by molar-refractivity contribution is 0.206. The smallest absolute Gasteiger partial charge is 0.152 e. The average Bonchev–Trinajstić information content (AvgIpc) is 2.18. The topological polar surface area (TPSA) is 64.3 Å². The van der Waals surface area contributed by atoms with Gasteiger partial charge in [-0.1, -0.05) is 11.6 Å². The quantitative estimate of drug-likeness (QED) is 0.807. The lowest BCUT2D eigenvalue weighted by atomic mass is 10.4. The Labute approximate surface area is 87.8 Å². The monoisotopic (exact) mass is 216 g/mol. The molecule has 1 rings (SSSR count). The Morgan fingerprint density at radius 2 is 2.29 bits per heavy atom. The van der Waals surface area contributed by atoms with Crippen molar-refractivity contribution in [2.75, 3.05) is 37.9 Å². The number of nitrogens with two attached hydrogens (primary N) is 1. The standard InChI is InChI=1S/C8H13ClN4O/c1-13(3-4-14-2)8-6(9)7(10)11-5-12-8/h5H,3-4H2,1-2H3,(H2,10,11,12). The molecule has 0 aromatic carbocycles. The summed E-state index contributed by atoms with van der Waals surface area (Å²) in [6.07, 6.45) is 1.39. The fraction of sp³-hybridized carbons (Fsp3) is 0.500. The second kappa shape index (κ2) is 4.97. The van der Waals surface area contributed by atoms with Crippen molar-refractivity contribution in [1.82, 2.24) is 9.97 Å². The second-order valence-electron chi connectivity index (χ2n) is 2.81. The van der Waals surface area contributed by atoms with Crippen LogP contribution in [0.25, 0.3) is 0 Å². The number of likely N-dealkylation sites (N-methyl/N-ethyl adjacent to an activating group) is 1. The lowest BCUT2D eigenvalue weighted by Gasteiger charge is -2.18. The SMILES string of the molecule is COCCN(C)c1ncnc(N)c1Cl. The maximum Gasteiger partial charge on any atom is 0.152 e. The summed E-state index contributed by atoms with van der Waals surface area (Å²) in [4.78, 5) is 9.68. The van der Waals surface area contributed by atoms with Gasteiger partial charge in [-0.05, 0) is 0 Å². The van der Waals surface area contributed by atoms with Gasteiger partial charge in [0.15, 0.2) is 5.82 Å². The highest BCUT2D eigenvalue weighted by molar-refractivity contribution is 6.35. The Bertz CT molecular complexity index is 307. The third-order valence-corrected chi connectivity index (χ3v) is 2.15. The fourth-order valence-electron chi connectivity index (χ4n) is 0.974. The largest absolute Gasteiger partial charge is 0.383 e. The van der Waals surface area contributed by atoms with Gasteiger partial charge in [-0.3, -0.25) is 0 Å². The summed E-state index contributed by atoms with van der Waals surface area (Å²) in [5, 5.41) is 0.381. The number of ether oxygens (including phenoxy) is 1. The van der Waals surface area contributed by atoms with Crippen LogP contribution in [0.1, 0.15) is 0 Å². The number of hydrogen-bond acceptors (Lipinski definition) is 5. The fourth-order valence-corrected chi connectivity index (χ4v) is 1.22. The molecule has 0 fully saturated rings. The van der Waals surface area contributed by atoms with Crippen LogP contribution in [-0.2, 0) is 4.74 Å². The van der Waals surface area contributed by atoms with E-state index in [9.17, 15) is 0 Å². The van der Waals surface area contributed by atoms with Crippen LogP contribution in [0.3, 0.4) is 0 Å². The number of rotatable bonds is 4. The van der Waals surface area contributed by atoms with Crippen molar-refractivity contribution in [1.29, 1.82) is 0 Å². The number of nitrogen functional groups attached to an aromatic ring is 1. The first kappa shape index (κ1) is 11.0. The molecule has 0 radical (unpaired) electrons. The first-order chi connectivity index (χ1) is 6.66. The third kappa shape index (κ3) is 2.46. The molecule has 0 aliphatic rings. The van der Waals surface area contributed by atoms with Crippen molar-refractivity contribution >= 4 is 23.2 Å². The normalized spacial score (nSPS) is 10.2. The molecule has 6 heteroatoms. The molecule has 0 spiro atoms. The van der Waals surface area contributed by atoms with Crippen LogP contribution < -0.4 is 10.6 Å². The van der Waals surface area contributed by atoms with E-state index in [4.69, 9.17) is 22.1 Å². The van der Waals surface area contributed by atoms with Crippen LogP contribution in [0.15, 0.2) is 6.33 Å². The van der Waals surface area contributed by atoms with E-state index in [1.54, 1.807) is 7.11 Å². The highest BCUT2D eigenvalue weighted by Crippen LogP contribution is 2.25. The Balaban J connectivity index is 2.79. The second-order valence-corrected chi connectivity index (χ2v) is 3.19. The zero-order chi connectivity index (χ0) is 10.6. The van der Waals surface area contributed by atoms with Gasteiger partial charge >= 0.3 is 0 Å². The zero-order valence-electron chi connectivity index (χ0n) is 8.20. The molecule has 1 aromatic rings. The van der Waals surface area contributed by atoms with Gasteiger partial charge in [0.25, 0.3) is 0 Å². The summed E-state index contributed by atoms with van der Waals surface area (Å²) in [7, 11) is 3.51. The summed E-state index contributed by atoms with van der Waals surface area (Å²) in [6.45, 7) is 1.31. The van der Waals surface area contributed by atoms with Gasteiger partial charge < -0.3 is 15.4 Å². The maximum absolute atomic E-state index is 5.93. The molecule has 14 heavy (non-hydrogen) atoms. The molecule has 5 nitrogen and oxygen atoms in total. The van der Waals surface area contributed by atoms with E-state index < -0.39 is 0 Å². The Kier molecular flexibility index (Phi) is 3.91. The highest BCUT2D eigenvalue weighted by atomic mass is 35.5. The van der Waals surface area contributed by atoms with Gasteiger partial charge in [0.1, 0.15) is 17.2 Å². The Morgan fingerprint density at radius 1 is 1.57 bits per heavy atom. The molecule has 0 amide bonds. The summed E-state index contributed by atoms with van der Waals surface area (Å²) >= 11 is 5.93. The van der Waals surface area contributed by atoms with E-state index in [2.05, 4.69) is 9.97 Å². The van der Waals surface area contributed by atoms with Gasteiger partial charge in [0.2, 0.25) is 0 Å². The van der Waals surface area contributed by atoms with Gasteiger partial charge in [0.05, 0.1) is 6.61 Å². The summed E-state index contributed by atoms with van der Waals surface area (Å²) in [5.74, 6) is 0.914. The summed E-state index contributed by atoms with van der Waals surface area (Å²) in [6, 6.07) is 0. The molecule has 0 saturated carbocycles. The molecule has 0 bridgehead atoms. The van der Waals surface area contributed by atoms with Crippen LogP contribution >= 0.6 is 11.6 Å². The highest BCUT2D eigenvalue weighted by Gasteiger charge is 2.10. The minimum atomic E-state index is 0.293. The molecule has 0 aliphatic carbocycles. The van der Waals surface area contributed by atoms with E-state index in [0.29, 0.717) is 29.8 Å². The van der Waals surface area contributed by atoms with Crippen LogP contribution in [0.2, 0.25) is 5.02 Å². The first-order valence-corrected chi connectivity index (χ1v) is 4.50. The van der Waals surface area contributed by atoms with Crippen molar-refractivity contribution in [2.45, 2.75) is 0 Å². The number of anilines is 2. The summed E-state index contributed by atoms with van der Waals surface area (Å²) in [5.41, 5.74) is 5.55. The molecular weight excluding hydrogens is 204 g/mol. The maximum atomic E-state index is 5.93. The van der Waals surface area contributed by atoms with Gasteiger partial charge in [0, 0.05) is 20.7 Å². The van der Waals surface area contributed by atoms with Crippen molar-refractivity contribution < 1.29 is 4.74 Å². The number of aromatic nitrogens is 2. The lowest BCUT2D eigenvalue weighted by Crippen LogP contribution is -2.23. The van der Waals surface area contributed by atoms with Gasteiger partial charge in [-0.25, -0.2) is 9.97 Å². The number of nitrogens with zero attached hydrogens (tertiary/aromatic N) is 3. The van der Waals surface area contributed by atoms with Crippen molar-refractivity contribution in [3.63, 3.8) is 0 Å². The molecule has 0 unspecified atom stereocenters. The number of methoxy groups -OCH3 is 1. The zero-order valence-corrected chi connectivity index (χ0v) is 8.95. The van der Waals surface area contributed by atoms with Crippen molar-refractivity contribution in [3.05, 3.63) is 11.3 Å². The van der Waals surface area contributed by atoms with Crippen LogP contribution in [0.5, 0.6) is 0 Å². The molecule has 2 N–H and O–H groups in total. The predicted octanol–water partition coefficient (Wildman–Crippen LogP) is 0.795. The molecule has 1 aromatic heterocycles. The van der Waals surface area contributed by atoms with Crippen LogP contribution in [0.4, 0.5) is 11.6 Å². The van der Waals surface area contributed by atoms with E-state index in [0.717, 1.165) is 0 Å². The molecule has 78 valence electrons. The molecule has 1 heterocycles. The third-order valence-electron chi connectivity index (χ3n) is 1.79. The van der Waals surface area contributed by atoms with E-state index in [1.807, 2.05) is 11.9 Å². The molecular formula is C8H13ClN4O. The Hall–Kier alpha value is -1.07. The predicted molar refractivity (Wildman–Crippen MR) is 56.6 cm³/mol. The van der Waals surface area contributed by atoms with E-state index >= 15 is 0 Å². The summed E-state index contributed by atoms with van der Waals surface area (Å²) < 4.78 is 4.94. The van der Waals surface area contributed by atoms with Crippen LogP contribution in [-0.4, -0.2) is 37.3 Å². The van der Waals surface area contributed by atoms with Crippen molar-refractivity contribution in [2.24, 2.45) is 0 Å². The number of hydrogen-bond donors (Lipinski definition) is 1. The van der Waals surface area contributed by atoms with Crippen LogP contribution in [0, 0.1) is 0 Å². The molecule has 0 atom stereocenters. The minimum Gasteiger partial charge on any atom is -0.383 e. The van der Waals surface area contributed by atoms with Crippen molar-refractivity contribution in [3.8, 4) is 0 Å². The first-order valence-electron chi connectivity index (χ1n) is 4.13. The number of halogens is 1. The molecule has 0 aliphatic heterocycles.